The number of rotatable bonds is 5. The Kier molecular flexibility index (Phi) is 5.39. The highest BCUT2D eigenvalue weighted by atomic mass is 16.5. The molecule has 1 saturated carbocycles. The van der Waals surface area contributed by atoms with Gasteiger partial charge in [0.25, 0.3) is 0 Å². The normalized spacial score (nSPS) is 22.4. The summed E-state index contributed by atoms with van der Waals surface area (Å²) in [4.78, 5) is 0. The molecule has 0 radical (unpaired) electrons. The average molecular weight is 338 g/mol. The Morgan fingerprint density at radius 3 is 2.88 bits per heavy atom. The highest BCUT2D eigenvalue weighted by Gasteiger charge is 2.31. The van der Waals surface area contributed by atoms with Gasteiger partial charge in [0.1, 0.15) is 0 Å². The van der Waals surface area contributed by atoms with Crippen molar-refractivity contribution in [1.29, 1.82) is 0 Å². The van der Waals surface area contributed by atoms with Crippen LogP contribution in [0.15, 0.2) is 30.1 Å². The van der Waals surface area contributed by atoms with Crippen LogP contribution in [0.4, 0.5) is 0 Å². The fourth-order valence-corrected chi connectivity index (χ4v) is 3.15. The smallest absolute Gasteiger partial charge is 0.0753 e. The summed E-state index contributed by atoms with van der Waals surface area (Å²) in [6.07, 6.45) is 6.56. The van der Waals surface area contributed by atoms with Gasteiger partial charge >= 0.3 is 0 Å². The first-order chi connectivity index (χ1) is 11.9. The third-order valence-corrected chi connectivity index (χ3v) is 4.86. The Bertz CT molecular complexity index is 704. The molecule has 1 aliphatic heterocycles. The Morgan fingerprint density at radius 2 is 2.20 bits per heavy atom. The first kappa shape index (κ1) is 17.9. The summed E-state index contributed by atoms with van der Waals surface area (Å²) in [5.74, 6) is 7.24. The summed E-state index contributed by atoms with van der Waals surface area (Å²) < 4.78 is 5.81. The van der Waals surface area contributed by atoms with Crippen LogP contribution >= 0.6 is 0 Å². The van der Waals surface area contributed by atoms with Crippen LogP contribution in [0.3, 0.4) is 0 Å². The molecule has 0 aromatic heterocycles. The molecule has 1 saturated heterocycles. The van der Waals surface area contributed by atoms with E-state index in [1.165, 1.54) is 24.0 Å². The van der Waals surface area contributed by atoms with Gasteiger partial charge in [0.15, 0.2) is 0 Å². The molecule has 1 aromatic rings. The molecule has 2 aliphatic rings. The van der Waals surface area contributed by atoms with Crippen LogP contribution in [0, 0.1) is 30.1 Å². The van der Waals surface area contributed by atoms with Crippen LogP contribution in [0.5, 0.6) is 0 Å². The first-order valence-electron chi connectivity index (χ1n) is 9.32. The van der Waals surface area contributed by atoms with E-state index in [1.807, 2.05) is 6.20 Å². The monoisotopic (exact) mass is 338 g/mol. The third-order valence-electron chi connectivity index (χ3n) is 4.86. The van der Waals surface area contributed by atoms with E-state index in [0.717, 1.165) is 37.3 Å². The van der Waals surface area contributed by atoms with Gasteiger partial charge in [-0.25, -0.2) is 0 Å². The summed E-state index contributed by atoms with van der Waals surface area (Å²) in [5.41, 5.74) is 10.9. The number of hydrogen-bond donors (Lipinski definition) is 2. The molecule has 25 heavy (non-hydrogen) atoms. The van der Waals surface area contributed by atoms with Gasteiger partial charge in [-0.05, 0) is 54.9 Å². The van der Waals surface area contributed by atoms with Crippen molar-refractivity contribution in [2.45, 2.75) is 52.6 Å². The number of nitrogens with two attached hydrogens (primary N) is 1. The van der Waals surface area contributed by atoms with Gasteiger partial charge in [0.2, 0.25) is 0 Å². The van der Waals surface area contributed by atoms with E-state index in [1.54, 1.807) is 0 Å². The van der Waals surface area contributed by atoms with Crippen molar-refractivity contribution in [3.8, 4) is 11.8 Å². The maximum Gasteiger partial charge on any atom is 0.0753 e. The molecule has 1 unspecified atom stereocenters. The first-order valence-corrected chi connectivity index (χ1v) is 9.32. The third kappa shape index (κ3) is 5.54. The molecule has 0 amide bonds. The molecule has 1 heterocycles. The van der Waals surface area contributed by atoms with Crippen LogP contribution in [0.1, 0.15) is 49.8 Å². The summed E-state index contributed by atoms with van der Waals surface area (Å²) in [6.45, 7) is 8.28. The average Bonchev–Trinajstić information content (AvgIpc) is 3.31. The van der Waals surface area contributed by atoms with E-state index in [4.69, 9.17) is 10.5 Å². The van der Waals surface area contributed by atoms with E-state index in [9.17, 15) is 0 Å². The van der Waals surface area contributed by atoms with Crippen molar-refractivity contribution in [2.75, 3.05) is 13.2 Å². The van der Waals surface area contributed by atoms with Crippen LogP contribution in [-0.2, 0) is 11.2 Å². The van der Waals surface area contributed by atoms with E-state index >= 15 is 0 Å². The quantitative estimate of drug-likeness (QED) is 0.808. The molecule has 1 atom stereocenters. The molecule has 0 spiro atoms. The zero-order valence-corrected chi connectivity index (χ0v) is 15.7. The minimum Gasteiger partial charge on any atom is -0.401 e. The van der Waals surface area contributed by atoms with Crippen LogP contribution in [0.25, 0.3) is 0 Å². The zero-order valence-electron chi connectivity index (χ0n) is 15.7. The number of nitrogens with one attached hydrogen (secondary N) is 1. The summed E-state index contributed by atoms with van der Waals surface area (Å²) in [6, 6.07) is 6.42. The molecule has 1 aromatic carbocycles. The van der Waals surface area contributed by atoms with E-state index in [2.05, 4.69) is 56.1 Å². The Hall–Kier alpha value is -1.92. The van der Waals surface area contributed by atoms with Gasteiger partial charge in [-0.3, -0.25) is 0 Å². The van der Waals surface area contributed by atoms with Gasteiger partial charge in [-0.2, -0.15) is 0 Å². The molecular weight excluding hydrogens is 308 g/mol. The van der Waals surface area contributed by atoms with Gasteiger partial charge in [0.05, 0.1) is 12.7 Å². The lowest BCUT2D eigenvalue weighted by atomic mass is 9.91. The molecule has 2 fully saturated rings. The Balaban J connectivity index is 1.54. The van der Waals surface area contributed by atoms with E-state index in [0.29, 0.717) is 11.3 Å². The maximum absolute atomic E-state index is 6.22. The molecule has 134 valence electrons. The highest BCUT2D eigenvalue weighted by Crippen LogP contribution is 2.31. The van der Waals surface area contributed by atoms with Crippen molar-refractivity contribution in [1.82, 2.24) is 5.32 Å². The number of ether oxygens (including phenoxy) is 1. The summed E-state index contributed by atoms with van der Waals surface area (Å²) >= 11 is 0. The minimum atomic E-state index is 0.279. The van der Waals surface area contributed by atoms with Crippen molar-refractivity contribution in [3.05, 3.63) is 46.8 Å². The second-order valence-electron chi connectivity index (χ2n) is 8.29. The lowest BCUT2D eigenvalue weighted by Crippen LogP contribution is -2.24. The van der Waals surface area contributed by atoms with Gasteiger partial charge in [-0.15, -0.1) is 0 Å². The van der Waals surface area contributed by atoms with Crippen molar-refractivity contribution in [3.63, 3.8) is 0 Å². The number of allylic oxidation sites excluding steroid dienone is 1. The van der Waals surface area contributed by atoms with Crippen LogP contribution in [0.2, 0.25) is 0 Å². The predicted molar refractivity (Wildman–Crippen MR) is 103 cm³/mol. The van der Waals surface area contributed by atoms with Crippen LogP contribution < -0.4 is 11.1 Å². The maximum atomic E-state index is 6.22. The van der Waals surface area contributed by atoms with E-state index in [-0.39, 0.29) is 6.10 Å². The molecule has 0 bridgehead atoms. The second kappa shape index (κ2) is 7.54. The van der Waals surface area contributed by atoms with Crippen molar-refractivity contribution < 1.29 is 4.74 Å². The minimum absolute atomic E-state index is 0.279. The fraction of sp³-hybridized carbons (Fsp3) is 0.545. The highest BCUT2D eigenvalue weighted by molar-refractivity contribution is 5.42. The topological polar surface area (TPSA) is 47.3 Å². The number of aryl methyl sites for hydroxylation is 1. The van der Waals surface area contributed by atoms with E-state index < -0.39 is 0 Å². The molecule has 3 rings (SSSR count). The lowest BCUT2D eigenvalue weighted by Gasteiger charge is -2.14. The van der Waals surface area contributed by atoms with Crippen LogP contribution in [-0.4, -0.2) is 19.3 Å². The fourth-order valence-electron chi connectivity index (χ4n) is 3.15. The molecular formula is C22H30N2O. The molecule has 3 heteroatoms. The Morgan fingerprint density at radius 1 is 1.40 bits per heavy atom. The SMILES string of the molecule is Cc1ccc(C#CC2CC2)cc1C/C(N)=C/NCC1CC(C)(C)CO1. The largest absolute Gasteiger partial charge is 0.401 e. The second-order valence-corrected chi connectivity index (χ2v) is 8.29. The van der Waals surface area contributed by atoms with Crippen molar-refractivity contribution >= 4 is 0 Å². The number of benzene rings is 1. The van der Waals surface area contributed by atoms with Crippen molar-refractivity contribution in [2.24, 2.45) is 17.1 Å². The molecule has 3 N–H and O–H groups in total. The van der Waals surface area contributed by atoms with Gasteiger partial charge in [0, 0.05) is 36.3 Å². The molecule has 3 nitrogen and oxygen atoms in total. The summed E-state index contributed by atoms with van der Waals surface area (Å²) in [7, 11) is 0. The zero-order chi connectivity index (χ0) is 17.9. The van der Waals surface area contributed by atoms with Gasteiger partial charge < -0.3 is 15.8 Å². The number of hydrogen-bond acceptors (Lipinski definition) is 3. The molecule has 1 aliphatic carbocycles. The summed E-state index contributed by atoms with van der Waals surface area (Å²) in [5, 5.41) is 3.33. The Labute approximate surface area is 152 Å². The predicted octanol–water partition coefficient (Wildman–Crippen LogP) is 3.50. The van der Waals surface area contributed by atoms with Gasteiger partial charge in [-0.1, -0.05) is 31.8 Å². The lowest BCUT2D eigenvalue weighted by molar-refractivity contribution is 0.101. The standard InChI is InChI=1S/C22H30N2O/c1-16-4-5-18(9-8-17-6-7-17)10-19(16)11-20(23)13-24-14-21-12-22(2,3)15-25-21/h4-5,10,13,17,21,24H,6-7,11-12,14-15,23H2,1-3H3/b20-13-.